The molecule has 0 aliphatic carbocycles. The van der Waals surface area contributed by atoms with Crippen LogP contribution < -0.4 is 9.62 Å². The number of rotatable bonds is 7. The minimum absolute atomic E-state index is 0.0179. The molecule has 0 radical (unpaired) electrons. The highest BCUT2D eigenvalue weighted by atomic mass is 35.5. The standard InChI is InChI=1S/C21H18ClN3O3S/c1-2-14-25(17-8-4-3-5-9-17)29(27,28)19-15-16(11-12-18(19)22)21(26)24-20-10-6-7-13-23-20/h2-13,15H,1,14H2,(H,23,24,26). The second-order valence-corrected chi connectivity index (χ2v) is 8.21. The van der Waals surface area contributed by atoms with Gasteiger partial charge in [0.15, 0.2) is 0 Å². The Balaban J connectivity index is 1.99. The molecule has 1 N–H and O–H groups in total. The van der Waals surface area contributed by atoms with Gasteiger partial charge in [0.05, 0.1) is 17.3 Å². The third kappa shape index (κ3) is 4.64. The van der Waals surface area contributed by atoms with Crippen LogP contribution in [0.5, 0.6) is 0 Å². The predicted molar refractivity (Wildman–Crippen MR) is 115 cm³/mol. The maximum Gasteiger partial charge on any atom is 0.266 e. The van der Waals surface area contributed by atoms with Crippen molar-refractivity contribution in [1.82, 2.24) is 4.98 Å². The second kappa shape index (κ2) is 8.89. The molecule has 2 aromatic carbocycles. The minimum Gasteiger partial charge on any atom is -0.307 e. The second-order valence-electron chi connectivity index (χ2n) is 5.97. The maximum atomic E-state index is 13.3. The zero-order valence-corrected chi connectivity index (χ0v) is 16.9. The number of sulfonamides is 1. The third-order valence-electron chi connectivity index (χ3n) is 4.01. The Morgan fingerprint density at radius 2 is 1.83 bits per heavy atom. The number of hydrogen-bond donors (Lipinski definition) is 1. The van der Waals surface area contributed by atoms with Crippen molar-refractivity contribution in [3.63, 3.8) is 0 Å². The number of aromatic nitrogens is 1. The summed E-state index contributed by atoms with van der Waals surface area (Å²) in [4.78, 5) is 16.4. The first-order valence-corrected chi connectivity index (χ1v) is 10.5. The van der Waals surface area contributed by atoms with Gasteiger partial charge in [0.1, 0.15) is 10.7 Å². The molecule has 0 saturated carbocycles. The van der Waals surface area contributed by atoms with Crippen LogP contribution in [-0.4, -0.2) is 25.9 Å². The first-order valence-electron chi connectivity index (χ1n) is 8.64. The Labute approximate surface area is 174 Å². The fourth-order valence-electron chi connectivity index (χ4n) is 2.64. The minimum atomic E-state index is -4.04. The molecule has 1 heterocycles. The fourth-order valence-corrected chi connectivity index (χ4v) is 4.58. The van der Waals surface area contributed by atoms with Crippen molar-refractivity contribution in [3.8, 4) is 0 Å². The van der Waals surface area contributed by atoms with Crippen molar-refractivity contribution in [3.05, 3.63) is 96.2 Å². The summed E-state index contributed by atoms with van der Waals surface area (Å²) >= 11 is 6.20. The molecular formula is C21H18ClN3O3S. The van der Waals surface area contributed by atoms with E-state index in [1.807, 2.05) is 0 Å². The van der Waals surface area contributed by atoms with Crippen molar-refractivity contribution in [2.24, 2.45) is 0 Å². The molecule has 29 heavy (non-hydrogen) atoms. The van der Waals surface area contributed by atoms with Crippen LogP contribution in [0.25, 0.3) is 0 Å². The molecule has 1 amide bonds. The molecule has 6 nitrogen and oxygen atoms in total. The molecule has 1 aromatic heterocycles. The van der Waals surface area contributed by atoms with Crippen LogP contribution in [0.4, 0.5) is 11.5 Å². The Hall–Kier alpha value is -3.16. The van der Waals surface area contributed by atoms with Gasteiger partial charge in [0, 0.05) is 11.8 Å². The van der Waals surface area contributed by atoms with Crippen LogP contribution in [0.2, 0.25) is 5.02 Å². The largest absolute Gasteiger partial charge is 0.307 e. The zero-order chi connectivity index (χ0) is 20.9. The molecule has 3 rings (SSSR count). The van der Waals surface area contributed by atoms with E-state index in [1.165, 1.54) is 28.6 Å². The summed E-state index contributed by atoms with van der Waals surface area (Å²) in [5.41, 5.74) is 0.608. The van der Waals surface area contributed by atoms with Crippen molar-refractivity contribution >= 4 is 39.0 Å². The molecule has 0 atom stereocenters. The van der Waals surface area contributed by atoms with Crippen LogP contribution in [-0.2, 0) is 10.0 Å². The van der Waals surface area contributed by atoms with E-state index < -0.39 is 15.9 Å². The predicted octanol–water partition coefficient (Wildman–Crippen LogP) is 4.37. The molecule has 0 fully saturated rings. The lowest BCUT2D eigenvalue weighted by atomic mass is 10.2. The zero-order valence-electron chi connectivity index (χ0n) is 15.3. The van der Waals surface area contributed by atoms with E-state index in [9.17, 15) is 13.2 Å². The molecule has 0 unspecified atom stereocenters. The maximum absolute atomic E-state index is 13.3. The lowest BCUT2D eigenvalue weighted by Crippen LogP contribution is -2.31. The smallest absolute Gasteiger partial charge is 0.266 e. The van der Waals surface area contributed by atoms with Crippen molar-refractivity contribution in [2.75, 3.05) is 16.2 Å². The molecule has 0 saturated heterocycles. The van der Waals surface area contributed by atoms with Crippen LogP contribution in [0.15, 0.2) is 90.5 Å². The summed E-state index contributed by atoms with van der Waals surface area (Å²) in [5, 5.41) is 2.64. The SMILES string of the molecule is C=CCN(c1ccccc1)S(=O)(=O)c1cc(C(=O)Nc2ccccn2)ccc1Cl. The van der Waals surface area contributed by atoms with Gasteiger partial charge in [0.25, 0.3) is 15.9 Å². The normalized spacial score (nSPS) is 10.9. The number of nitrogens with one attached hydrogen (secondary N) is 1. The number of hydrogen-bond acceptors (Lipinski definition) is 4. The summed E-state index contributed by atoms with van der Waals surface area (Å²) in [6.07, 6.45) is 3.02. The van der Waals surface area contributed by atoms with Crippen LogP contribution >= 0.6 is 11.6 Å². The van der Waals surface area contributed by atoms with Gasteiger partial charge >= 0.3 is 0 Å². The van der Waals surface area contributed by atoms with E-state index in [4.69, 9.17) is 11.6 Å². The van der Waals surface area contributed by atoms with E-state index in [2.05, 4.69) is 16.9 Å². The number of carbonyl (C=O) groups is 1. The molecule has 0 spiro atoms. The highest BCUT2D eigenvalue weighted by Gasteiger charge is 2.27. The number of halogens is 1. The van der Waals surface area contributed by atoms with Crippen molar-refractivity contribution < 1.29 is 13.2 Å². The molecule has 0 aliphatic rings. The number of nitrogens with zero attached hydrogens (tertiary/aromatic N) is 2. The lowest BCUT2D eigenvalue weighted by molar-refractivity contribution is 0.102. The fraction of sp³-hybridized carbons (Fsp3) is 0.0476. The quantitative estimate of drug-likeness (QED) is 0.568. The van der Waals surface area contributed by atoms with Gasteiger partial charge in [-0.25, -0.2) is 13.4 Å². The average Bonchev–Trinajstić information content (AvgIpc) is 2.73. The van der Waals surface area contributed by atoms with Gasteiger partial charge in [-0.2, -0.15) is 0 Å². The van der Waals surface area contributed by atoms with Gasteiger partial charge in [-0.3, -0.25) is 9.10 Å². The van der Waals surface area contributed by atoms with Gasteiger partial charge in [-0.05, 0) is 42.5 Å². The highest BCUT2D eigenvalue weighted by molar-refractivity contribution is 7.93. The first-order chi connectivity index (χ1) is 13.9. The van der Waals surface area contributed by atoms with Gasteiger partial charge < -0.3 is 5.32 Å². The number of anilines is 2. The number of amides is 1. The molecule has 0 bridgehead atoms. The number of carbonyl (C=O) groups excluding carboxylic acids is 1. The third-order valence-corrected chi connectivity index (χ3v) is 6.28. The summed E-state index contributed by atoms with van der Waals surface area (Å²) in [5.74, 6) is -0.138. The average molecular weight is 428 g/mol. The Bertz CT molecular complexity index is 1120. The van der Waals surface area contributed by atoms with Crippen LogP contribution in [0, 0.1) is 0 Å². The summed E-state index contributed by atoms with van der Waals surface area (Å²) < 4.78 is 27.8. The van der Waals surface area contributed by atoms with E-state index in [-0.39, 0.29) is 22.0 Å². The first kappa shape index (κ1) is 20.6. The summed E-state index contributed by atoms with van der Waals surface area (Å²) in [6.45, 7) is 3.69. The van der Waals surface area contributed by atoms with E-state index in [0.29, 0.717) is 11.5 Å². The Morgan fingerprint density at radius 3 is 2.48 bits per heavy atom. The Kier molecular flexibility index (Phi) is 6.31. The summed E-state index contributed by atoms with van der Waals surface area (Å²) in [7, 11) is -4.04. The van der Waals surface area contributed by atoms with Gasteiger partial charge in [-0.1, -0.05) is 41.9 Å². The highest BCUT2D eigenvalue weighted by Crippen LogP contribution is 2.29. The van der Waals surface area contributed by atoms with Crippen molar-refractivity contribution in [1.29, 1.82) is 0 Å². The van der Waals surface area contributed by atoms with Gasteiger partial charge in [-0.15, -0.1) is 6.58 Å². The van der Waals surface area contributed by atoms with E-state index >= 15 is 0 Å². The molecule has 148 valence electrons. The van der Waals surface area contributed by atoms with Crippen molar-refractivity contribution in [2.45, 2.75) is 4.90 Å². The van der Waals surface area contributed by atoms with E-state index in [1.54, 1.807) is 54.7 Å². The summed E-state index contributed by atoms with van der Waals surface area (Å²) in [6, 6.07) is 17.8. The van der Waals surface area contributed by atoms with Crippen LogP contribution in [0.3, 0.4) is 0 Å². The number of pyridine rings is 1. The number of benzene rings is 2. The monoisotopic (exact) mass is 427 g/mol. The lowest BCUT2D eigenvalue weighted by Gasteiger charge is -2.24. The topological polar surface area (TPSA) is 79.4 Å². The molecule has 0 aliphatic heterocycles. The molecule has 3 aromatic rings. The van der Waals surface area contributed by atoms with Gasteiger partial charge in [0.2, 0.25) is 0 Å². The number of para-hydroxylation sites is 1. The van der Waals surface area contributed by atoms with Crippen LogP contribution in [0.1, 0.15) is 10.4 Å². The molecular weight excluding hydrogens is 410 g/mol. The Morgan fingerprint density at radius 1 is 1.10 bits per heavy atom. The van der Waals surface area contributed by atoms with E-state index in [0.717, 1.165) is 0 Å². The molecule has 8 heteroatoms.